The van der Waals surface area contributed by atoms with Gasteiger partial charge in [-0.1, -0.05) is 95.3 Å². The number of ether oxygens (including phenoxy) is 2. The summed E-state index contributed by atoms with van der Waals surface area (Å²) in [7, 11) is 3.86. The Morgan fingerprint density at radius 2 is 1.79 bits per heavy atom. The molecule has 13 nitrogen and oxygen atoms in total. The van der Waals surface area contributed by atoms with Gasteiger partial charge in [-0.05, 0) is 143 Å². The first-order chi connectivity index (χ1) is 36.2. The molecule has 4 heterocycles. The summed E-state index contributed by atoms with van der Waals surface area (Å²) in [6.07, 6.45) is 22.9. The summed E-state index contributed by atoms with van der Waals surface area (Å²) in [4.78, 5) is 18.8. The maximum atomic E-state index is 13.2. The largest absolute Gasteiger partial charge is 0.504 e. The highest BCUT2D eigenvalue weighted by Crippen LogP contribution is 2.76. The second-order valence-corrected chi connectivity index (χ2v) is 28.1. The highest BCUT2D eigenvalue weighted by atomic mass is 33.1. The summed E-state index contributed by atoms with van der Waals surface area (Å²) in [5, 5.41) is 70.3. The van der Waals surface area contributed by atoms with E-state index in [1.54, 1.807) is 6.07 Å². The maximum Gasteiger partial charge on any atom is 0.302 e. The van der Waals surface area contributed by atoms with Crippen molar-refractivity contribution < 1.29 is 39.8 Å². The fraction of sp³-hybridized carbons (Fsp3) is 0.733. The van der Waals surface area contributed by atoms with Gasteiger partial charge in [0.15, 0.2) is 23.7 Å². The van der Waals surface area contributed by atoms with E-state index < -0.39 is 59.4 Å². The lowest BCUT2D eigenvalue weighted by molar-refractivity contribution is -0.152. The maximum absolute atomic E-state index is 13.2. The minimum Gasteiger partial charge on any atom is -0.504 e. The highest BCUT2D eigenvalue weighted by Gasteiger charge is 2.73. The molecule has 4 saturated carbocycles. The zero-order valence-electron chi connectivity index (χ0n) is 43.9. The van der Waals surface area contributed by atoms with Crippen LogP contribution in [0.25, 0.3) is 0 Å². The van der Waals surface area contributed by atoms with Crippen molar-refractivity contribution in [3.63, 3.8) is 0 Å². The van der Waals surface area contributed by atoms with E-state index in [-0.39, 0.29) is 75.4 Å². The van der Waals surface area contributed by atoms with E-state index in [2.05, 4.69) is 57.9 Å². The van der Waals surface area contributed by atoms with Crippen LogP contribution in [-0.4, -0.2) is 110 Å². The van der Waals surface area contributed by atoms with Crippen LogP contribution < -0.4 is 26.4 Å². The Balaban J connectivity index is 1.06. The molecule has 0 amide bonds. The highest BCUT2D eigenvalue weighted by molar-refractivity contribution is 8.77. The number of piperidine rings is 1. The van der Waals surface area contributed by atoms with Gasteiger partial charge in [-0.25, -0.2) is 4.99 Å². The minimum absolute atomic E-state index is 0.0282. The van der Waals surface area contributed by atoms with E-state index in [0.717, 1.165) is 18.6 Å². The Hall–Kier alpha value is -3.38. The van der Waals surface area contributed by atoms with Crippen LogP contribution in [-0.2, 0) is 16.0 Å². The second-order valence-electron chi connectivity index (χ2n) is 25.5. The Morgan fingerprint density at radius 1 is 0.947 bits per heavy atom. The van der Waals surface area contributed by atoms with E-state index in [4.69, 9.17) is 20.2 Å². The molecule has 0 aromatic heterocycles. The molecule has 75 heavy (non-hydrogen) atoms. The number of guanidine groups is 1. The molecule has 1 aromatic rings. The molecule has 0 unspecified atom stereocenters. The first-order valence-electron chi connectivity index (χ1n) is 28.8. The number of carbonyl (C=O) groups excluding carboxylic acids is 1. The quantitative estimate of drug-likeness (QED) is 0.0476. The van der Waals surface area contributed by atoms with Gasteiger partial charge in [0.2, 0.25) is 0 Å². The average Bonchev–Trinajstić information content (AvgIpc) is 4.13. The van der Waals surface area contributed by atoms with Crippen LogP contribution in [0, 0.1) is 74.9 Å². The molecule has 406 valence electrons. The average molecular weight is 1060 g/mol. The number of phenols is 1. The Labute approximate surface area is 452 Å². The predicted molar refractivity (Wildman–Crippen MR) is 293 cm³/mol. The van der Waals surface area contributed by atoms with E-state index >= 15 is 0 Å². The summed E-state index contributed by atoms with van der Waals surface area (Å²) < 4.78 is 13.1. The van der Waals surface area contributed by atoms with E-state index in [0.29, 0.717) is 81.5 Å². The third-order valence-corrected chi connectivity index (χ3v) is 24.2. The van der Waals surface area contributed by atoms with Crippen LogP contribution in [0.4, 0.5) is 0 Å². The molecule has 6 spiro atoms. The van der Waals surface area contributed by atoms with Crippen molar-refractivity contribution in [3.05, 3.63) is 47.6 Å². The van der Waals surface area contributed by atoms with Crippen molar-refractivity contribution in [1.82, 2.24) is 16.0 Å². The number of aliphatic imine (C=N–C) groups is 1. The monoisotopic (exact) mass is 1060 g/mol. The molecule has 0 radical (unpaired) electrons. The van der Waals surface area contributed by atoms with Gasteiger partial charge in [-0.3, -0.25) is 4.79 Å². The number of nitrogens with one attached hydrogen (secondary N) is 3. The molecule has 11 aliphatic rings. The smallest absolute Gasteiger partial charge is 0.302 e. The number of carbonyl (C=O) groups is 1. The lowest BCUT2D eigenvalue weighted by atomic mass is 9.40. The van der Waals surface area contributed by atoms with Gasteiger partial charge in [0, 0.05) is 72.9 Å². The number of nitrogens with zero attached hydrogens (tertiary/aromatic N) is 1. The number of fused-ring (bicyclic) bond motifs is 8. The second kappa shape index (κ2) is 20.4. The number of aromatic hydroxyl groups is 1. The van der Waals surface area contributed by atoms with E-state index in [1.807, 2.05) is 27.7 Å². The van der Waals surface area contributed by atoms with Crippen molar-refractivity contribution in [2.45, 2.75) is 195 Å². The van der Waals surface area contributed by atoms with E-state index in [1.165, 1.54) is 77.2 Å². The molecular formula is C60H81N5O8S2. The predicted octanol–water partition coefficient (Wildman–Crippen LogP) is 7.10. The molecule has 5 fully saturated rings. The van der Waals surface area contributed by atoms with Gasteiger partial charge in [0.05, 0.1) is 34.5 Å². The number of hydrogen-bond donors (Lipinski definition) is 9. The molecule has 16 atom stereocenters. The lowest BCUT2D eigenvalue weighted by Crippen LogP contribution is -2.73. The zero-order valence-corrected chi connectivity index (χ0v) is 45.5. The third-order valence-electron chi connectivity index (χ3n) is 21.4. The lowest BCUT2D eigenvalue weighted by Gasteiger charge is -2.68. The van der Waals surface area contributed by atoms with Crippen LogP contribution >= 0.6 is 21.6 Å². The summed E-state index contributed by atoms with van der Waals surface area (Å²) >= 11 is 0. The number of allylic oxidation sites excluding steroid dienone is 2. The molecule has 4 aliphatic heterocycles. The topological polar surface area (TPSA) is 211 Å². The van der Waals surface area contributed by atoms with Crippen molar-refractivity contribution in [2.24, 2.45) is 62.0 Å². The van der Waals surface area contributed by atoms with Crippen LogP contribution in [0.3, 0.4) is 0 Å². The molecule has 15 heteroatoms. The fourth-order valence-corrected chi connectivity index (χ4v) is 21.2. The van der Waals surface area contributed by atoms with Gasteiger partial charge in [-0.2, -0.15) is 0 Å². The van der Waals surface area contributed by atoms with Crippen molar-refractivity contribution in [1.29, 1.82) is 0 Å². The number of benzene rings is 1. The number of rotatable bonds is 2. The van der Waals surface area contributed by atoms with Gasteiger partial charge < -0.3 is 56.7 Å². The first-order valence-corrected chi connectivity index (χ1v) is 31.2. The zero-order chi connectivity index (χ0) is 51.8. The summed E-state index contributed by atoms with van der Waals surface area (Å²) in [6.45, 7) is 3.42. The van der Waals surface area contributed by atoms with Crippen LogP contribution in [0.1, 0.15) is 153 Å². The van der Waals surface area contributed by atoms with Gasteiger partial charge >= 0.3 is 5.97 Å². The summed E-state index contributed by atoms with van der Waals surface area (Å²) in [5.74, 6) is 15.8. The van der Waals surface area contributed by atoms with Gasteiger partial charge in [-0.15, -0.1) is 0 Å². The molecule has 10 N–H and O–H groups in total. The summed E-state index contributed by atoms with van der Waals surface area (Å²) in [5.41, 5.74) is 6.60. The van der Waals surface area contributed by atoms with Crippen LogP contribution in [0.15, 0.2) is 41.4 Å². The van der Waals surface area contributed by atoms with Crippen LogP contribution in [0.2, 0.25) is 0 Å². The summed E-state index contributed by atoms with van der Waals surface area (Å²) in [6, 6.07) is 2.43. The number of esters is 1. The fourth-order valence-electron chi connectivity index (χ4n) is 18.4. The normalized spacial score (nSPS) is 43.8. The van der Waals surface area contributed by atoms with Crippen molar-refractivity contribution >= 4 is 33.5 Å². The Kier molecular flexibility index (Phi) is 14.2. The standard InChI is InChI=1S/C60H81N5O8S2/c1-37(66)72-49-28-43(67)15-23-58-22-14-39-25-38-10-13-45(33-62-35-57(30-38)32-44(16-24-63-57)73-50-27-40(26-46(39)49)47(53(70)71)29-48(50)68)75-74-36-59(65-54(61)64-51(58)8-4-9-52(58)69)34-55-17-5-7-41(55)11-12-42(31-55)60(59)21-6-20-56(60)18-2-3-19-56/h4,8,11-12,27,29,38-39,41-46,49,51-53,62-63,67-71H,2-3,5-7,9,15-21,23-26,28,30-36H2,1H3,(H3,61,64,65)/t38-,39+,41-,42+,43+,44-,45+,46+,49+,51-,52+,55-,57-,58+,59-,60-/m1/s1. The molecule has 1 saturated heterocycles. The third kappa shape index (κ3) is 9.25. The van der Waals surface area contributed by atoms with Crippen molar-refractivity contribution in [2.75, 3.05) is 25.4 Å². The van der Waals surface area contributed by atoms with Gasteiger partial charge in [0.1, 0.15) is 12.2 Å². The minimum atomic E-state index is -1.93. The number of aliphatic hydroxyl groups excluding tert-OH is 3. The Bertz CT molecular complexity index is 2580. The number of nitrogens with two attached hydrogens (primary N) is 1. The van der Waals surface area contributed by atoms with E-state index in [9.17, 15) is 30.3 Å². The molecule has 7 aliphatic carbocycles. The number of aliphatic hydroxyl groups is 4. The first kappa shape index (κ1) is 52.3. The van der Waals surface area contributed by atoms with Gasteiger partial charge in [0.25, 0.3) is 0 Å². The van der Waals surface area contributed by atoms with Crippen LogP contribution in [0.5, 0.6) is 11.5 Å². The number of hydrogen-bond acceptors (Lipinski definition) is 15. The molecular weight excluding hydrogens is 983 g/mol. The molecule has 10 bridgehead atoms. The molecule has 12 rings (SSSR count). The number of phenolic OH excluding ortho intramolecular Hbond substituents is 1. The molecule has 1 aromatic carbocycles. The SMILES string of the molecule is CC(=O)O[C@H]1C[C@@H](O)CC[C@@]23C#C[C@H]4C[C@H]5C#C[C@@H](CNC[C@@]6(C5)C[C@@H](CCN6)Oc5cc(c(C(O)O)cc5O)C[C@H]14)SSC[C@@]1(C[C@]45CCC[C@@H]4C=C[C@@H](C5)[C@@]14CCCC41CCCC1)NC(N)=N[C@@H]2C=CC[C@@H]3O. The Morgan fingerprint density at radius 3 is 2.63 bits per heavy atom. The van der Waals surface area contributed by atoms with Crippen molar-refractivity contribution in [3.8, 4) is 35.2 Å².